The van der Waals surface area contributed by atoms with Gasteiger partial charge in [-0.25, -0.2) is 0 Å². The third-order valence-electron chi connectivity index (χ3n) is 9.18. The predicted octanol–water partition coefficient (Wildman–Crippen LogP) is 2.76. The lowest BCUT2D eigenvalue weighted by molar-refractivity contribution is -0.142. The van der Waals surface area contributed by atoms with Crippen LogP contribution >= 0.6 is 0 Å². The summed E-state index contributed by atoms with van der Waals surface area (Å²) in [5.74, 6) is 1.72. The molecule has 1 aromatic carbocycles. The van der Waals surface area contributed by atoms with Crippen molar-refractivity contribution in [3.05, 3.63) is 35.4 Å². The largest absolute Gasteiger partial charge is 0.353 e. The summed E-state index contributed by atoms with van der Waals surface area (Å²) in [4.78, 5) is 30.9. The maximum absolute atomic E-state index is 14.0. The van der Waals surface area contributed by atoms with Crippen molar-refractivity contribution in [2.24, 2.45) is 23.3 Å². The van der Waals surface area contributed by atoms with E-state index < -0.39 is 11.5 Å². The van der Waals surface area contributed by atoms with Crippen LogP contribution in [0.4, 0.5) is 0 Å². The first-order valence-electron chi connectivity index (χ1n) is 14.2. The highest BCUT2D eigenvalue weighted by Gasteiger charge is 2.49. The monoisotopic (exact) mass is 497 g/mol. The molecule has 0 unspecified atom stereocenters. The average Bonchev–Trinajstić information content (AvgIpc) is 2.90. The van der Waals surface area contributed by atoms with Gasteiger partial charge in [0.15, 0.2) is 0 Å². The van der Waals surface area contributed by atoms with Crippen LogP contribution in [0.15, 0.2) is 24.3 Å². The van der Waals surface area contributed by atoms with Crippen LogP contribution < -0.4 is 16.8 Å². The minimum absolute atomic E-state index is 0.163. The molecule has 1 saturated carbocycles. The van der Waals surface area contributed by atoms with Gasteiger partial charge in [0, 0.05) is 25.7 Å². The van der Waals surface area contributed by atoms with E-state index in [4.69, 9.17) is 11.5 Å². The van der Waals surface area contributed by atoms with E-state index in [0.29, 0.717) is 38.6 Å². The molecule has 3 aliphatic rings. The smallest absolute Gasteiger partial charge is 0.236 e. The predicted molar refractivity (Wildman–Crippen MR) is 144 cm³/mol. The summed E-state index contributed by atoms with van der Waals surface area (Å²) >= 11 is 0. The van der Waals surface area contributed by atoms with E-state index in [9.17, 15) is 9.59 Å². The molecule has 7 nitrogen and oxygen atoms in total. The second-order valence-corrected chi connectivity index (χ2v) is 11.6. The Kier molecular flexibility index (Phi) is 9.07. The normalized spacial score (nSPS) is 25.1. The van der Waals surface area contributed by atoms with Crippen LogP contribution in [0.2, 0.25) is 0 Å². The number of carbonyl (C=O) groups excluding carboxylic acids is 2. The maximum atomic E-state index is 14.0. The summed E-state index contributed by atoms with van der Waals surface area (Å²) in [6.45, 7) is 8.74. The number of hydrogen-bond acceptors (Lipinski definition) is 5. The maximum Gasteiger partial charge on any atom is 0.236 e. The lowest BCUT2D eigenvalue weighted by atomic mass is 9.67. The Morgan fingerprint density at radius 1 is 1.14 bits per heavy atom. The molecule has 0 aromatic heterocycles. The molecule has 0 radical (unpaired) electrons. The van der Waals surface area contributed by atoms with Crippen molar-refractivity contribution < 1.29 is 9.59 Å². The molecule has 2 fully saturated rings. The number of likely N-dealkylation sites (tertiary alicyclic amines) is 1. The van der Waals surface area contributed by atoms with E-state index in [0.717, 1.165) is 44.2 Å². The zero-order valence-electron chi connectivity index (χ0n) is 22.4. The van der Waals surface area contributed by atoms with Gasteiger partial charge in [0.1, 0.15) is 0 Å². The molecule has 200 valence electrons. The summed E-state index contributed by atoms with van der Waals surface area (Å²) in [5.41, 5.74) is 13.5. The summed E-state index contributed by atoms with van der Waals surface area (Å²) in [7, 11) is 0. The van der Waals surface area contributed by atoms with Crippen molar-refractivity contribution >= 4 is 11.8 Å². The fourth-order valence-corrected chi connectivity index (χ4v) is 6.80. The minimum atomic E-state index is -0.544. The molecule has 1 atom stereocenters. The number of amides is 2. The molecule has 2 amide bonds. The molecule has 2 aliphatic heterocycles. The molecule has 4 rings (SSSR count). The Morgan fingerprint density at radius 2 is 1.83 bits per heavy atom. The average molecular weight is 498 g/mol. The van der Waals surface area contributed by atoms with Crippen molar-refractivity contribution in [3.8, 4) is 0 Å². The van der Waals surface area contributed by atoms with Crippen LogP contribution in [0.1, 0.15) is 76.3 Å². The molecule has 1 aliphatic carbocycles. The van der Waals surface area contributed by atoms with Gasteiger partial charge in [-0.15, -0.1) is 0 Å². The van der Waals surface area contributed by atoms with Gasteiger partial charge in [-0.2, -0.15) is 0 Å². The van der Waals surface area contributed by atoms with Gasteiger partial charge >= 0.3 is 0 Å². The third-order valence-corrected chi connectivity index (χ3v) is 9.18. The topological polar surface area (TPSA) is 105 Å². The summed E-state index contributed by atoms with van der Waals surface area (Å²) in [6, 6.07) is 8.61. The Labute approximate surface area is 217 Å². The number of nitrogens with zero attached hydrogens (tertiary/aromatic N) is 2. The van der Waals surface area contributed by atoms with Crippen molar-refractivity contribution in [2.75, 3.05) is 32.7 Å². The van der Waals surface area contributed by atoms with Crippen LogP contribution in [-0.2, 0) is 21.5 Å². The van der Waals surface area contributed by atoms with Gasteiger partial charge in [0.2, 0.25) is 11.8 Å². The zero-order valence-corrected chi connectivity index (χ0v) is 22.4. The van der Waals surface area contributed by atoms with Crippen molar-refractivity contribution in [1.29, 1.82) is 0 Å². The highest BCUT2D eigenvalue weighted by molar-refractivity contribution is 5.90. The first kappa shape index (κ1) is 27.1. The van der Waals surface area contributed by atoms with Gasteiger partial charge < -0.3 is 26.6 Å². The molecule has 0 bridgehead atoms. The van der Waals surface area contributed by atoms with E-state index >= 15 is 0 Å². The van der Waals surface area contributed by atoms with Crippen molar-refractivity contribution in [2.45, 2.75) is 89.3 Å². The molecule has 1 aromatic rings. The molecule has 2 heterocycles. The van der Waals surface area contributed by atoms with Crippen LogP contribution in [0, 0.1) is 11.8 Å². The number of benzene rings is 1. The molecular formula is C29H47N5O2. The Morgan fingerprint density at radius 3 is 2.50 bits per heavy atom. The van der Waals surface area contributed by atoms with E-state index in [1.54, 1.807) is 0 Å². The summed E-state index contributed by atoms with van der Waals surface area (Å²) in [6.07, 6.45) is 8.31. The van der Waals surface area contributed by atoms with Crippen molar-refractivity contribution in [3.63, 3.8) is 0 Å². The molecular weight excluding hydrogens is 450 g/mol. The fraction of sp³-hybridized carbons (Fsp3) is 0.724. The molecule has 5 N–H and O–H groups in total. The number of fused-ring (bicyclic) bond motifs is 2. The van der Waals surface area contributed by atoms with Crippen LogP contribution in [0.5, 0.6) is 0 Å². The van der Waals surface area contributed by atoms with Gasteiger partial charge in [-0.05, 0) is 94.0 Å². The quantitative estimate of drug-likeness (QED) is 0.487. The van der Waals surface area contributed by atoms with Gasteiger partial charge in [-0.3, -0.25) is 9.59 Å². The number of nitrogens with two attached hydrogens (primary N) is 2. The second-order valence-electron chi connectivity index (χ2n) is 11.6. The lowest BCUT2D eigenvalue weighted by Crippen LogP contribution is -2.58. The number of hydrogen-bond donors (Lipinski definition) is 3. The highest BCUT2D eigenvalue weighted by atomic mass is 16.2. The zero-order chi connectivity index (χ0) is 25.7. The third kappa shape index (κ3) is 5.79. The summed E-state index contributed by atoms with van der Waals surface area (Å²) < 4.78 is 0. The molecule has 7 heteroatoms. The SMILES string of the molecule is CC(C)C1CCC(N2CCC3(CC2)C(=O)N(CCNC(=O)[C@H](N)CCCN)Cc2ccccc23)CC1. The lowest BCUT2D eigenvalue weighted by Gasteiger charge is -2.49. The first-order valence-corrected chi connectivity index (χ1v) is 14.2. The van der Waals surface area contributed by atoms with Gasteiger partial charge in [-0.1, -0.05) is 38.1 Å². The van der Waals surface area contributed by atoms with E-state index in [-0.39, 0.29) is 11.8 Å². The number of nitrogens with one attached hydrogen (secondary N) is 1. The number of carbonyl (C=O) groups is 2. The number of piperidine rings is 1. The van der Waals surface area contributed by atoms with Crippen LogP contribution in [0.3, 0.4) is 0 Å². The molecule has 36 heavy (non-hydrogen) atoms. The highest BCUT2D eigenvalue weighted by Crippen LogP contribution is 2.44. The Bertz CT molecular complexity index is 887. The molecule has 1 spiro atoms. The van der Waals surface area contributed by atoms with Crippen LogP contribution in [0.25, 0.3) is 0 Å². The minimum Gasteiger partial charge on any atom is -0.353 e. The van der Waals surface area contributed by atoms with E-state index in [1.165, 1.54) is 36.8 Å². The standard InChI is InChI=1S/C29H47N5O2/c1-21(2)22-9-11-24(12-10-22)33-17-13-29(14-18-33)25-7-4-3-6-23(25)20-34(28(29)36)19-16-32-27(35)26(31)8-5-15-30/h3-4,6-7,21-22,24,26H,5,8-20,30-31H2,1-2H3,(H,32,35)/t22?,24?,26-/m1/s1. The number of rotatable bonds is 9. The van der Waals surface area contributed by atoms with Crippen LogP contribution in [-0.4, -0.2) is 66.4 Å². The second kappa shape index (κ2) is 12.1. The first-order chi connectivity index (χ1) is 17.4. The van der Waals surface area contributed by atoms with E-state index in [1.807, 2.05) is 4.90 Å². The summed E-state index contributed by atoms with van der Waals surface area (Å²) in [5, 5.41) is 2.93. The Hall–Kier alpha value is -1.96. The van der Waals surface area contributed by atoms with E-state index in [2.05, 4.69) is 48.3 Å². The van der Waals surface area contributed by atoms with Gasteiger partial charge in [0.25, 0.3) is 0 Å². The van der Waals surface area contributed by atoms with Crippen molar-refractivity contribution in [1.82, 2.24) is 15.1 Å². The Balaban J connectivity index is 1.38. The van der Waals surface area contributed by atoms with Gasteiger partial charge in [0.05, 0.1) is 11.5 Å². The molecule has 1 saturated heterocycles. The fourth-order valence-electron chi connectivity index (χ4n) is 6.80.